The number of rotatable bonds is 4. The summed E-state index contributed by atoms with van der Waals surface area (Å²) in [5.74, 6) is 1.60. The fraction of sp³-hybridized carbons (Fsp3) is 0.211. The quantitative estimate of drug-likeness (QED) is 0.520. The first kappa shape index (κ1) is 16.1. The van der Waals surface area contributed by atoms with E-state index in [0.717, 1.165) is 22.2 Å². The standard InChI is InChI=1S/C19H17N3O4/c1-11-8-14(12(2)25-11)18-21-20-17(26-18)10-24-19(23)15-9-22(3)16-7-5-4-6-13(15)16/h4-9H,10H2,1-3H3. The van der Waals surface area contributed by atoms with Crippen LogP contribution in [0.15, 0.2) is 45.4 Å². The summed E-state index contributed by atoms with van der Waals surface area (Å²) in [5, 5.41) is 8.77. The number of nitrogens with zero attached hydrogens (tertiary/aromatic N) is 3. The normalized spacial score (nSPS) is 11.2. The summed E-state index contributed by atoms with van der Waals surface area (Å²) in [7, 11) is 1.89. The number of esters is 1. The van der Waals surface area contributed by atoms with Gasteiger partial charge in [0.05, 0.1) is 11.1 Å². The highest BCUT2D eigenvalue weighted by Crippen LogP contribution is 2.26. The van der Waals surface area contributed by atoms with E-state index in [2.05, 4.69) is 10.2 Å². The van der Waals surface area contributed by atoms with E-state index in [9.17, 15) is 4.79 Å². The molecule has 0 aliphatic heterocycles. The van der Waals surface area contributed by atoms with Gasteiger partial charge in [-0.25, -0.2) is 4.79 Å². The Kier molecular flexibility index (Phi) is 3.84. The molecule has 3 heterocycles. The minimum atomic E-state index is -0.433. The third kappa shape index (κ3) is 2.77. The number of fused-ring (bicyclic) bond motifs is 1. The molecule has 0 atom stereocenters. The Hall–Kier alpha value is -3.35. The largest absolute Gasteiger partial charge is 0.466 e. The Labute approximate surface area is 149 Å². The van der Waals surface area contributed by atoms with Crippen LogP contribution in [-0.4, -0.2) is 20.7 Å². The fourth-order valence-electron chi connectivity index (χ4n) is 2.97. The SMILES string of the molecule is Cc1cc(-c2nnc(COC(=O)c3cn(C)c4ccccc34)o2)c(C)o1. The molecule has 0 bridgehead atoms. The molecule has 0 saturated carbocycles. The van der Waals surface area contributed by atoms with Gasteiger partial charge in [-0.15, -0.1) is 10.2 Å². The molecule has 7 heteroatoms. The lowest BCUT2D eigenvalue weighted by molar-refractivity contribution is 0.0441. The number of ether oxygens (including phenoxy) is 1. The molecule has 26 heavy (non-hydrogen) atoms. The third-order valence-electron chi connectivity index (χ3n) is 4.18. The highest BCUT2D eigenvalue weighted by atomic mass is 16.5. The van der Waals surface area contributed by atoms with Gasteiger partial charge in [0.25, 0.3) is 11.8 Å². The smallest absolute Gasteiger partial charge is 0.340 e. The maximum atomic E-state index is 12.4. The molecule has 0 N–H and O–H groups in total. The summed E-state index contributed by atoms with van der Waals surface area (Å²) in [6, 6.07) is 9.48. The highest BCUT2D eigenvalue weighted by molar-refractivity contribution is 6.04. The zero-order valence-electron chi connectivity index (χ0n) is 14.6. The molecule has 0 unspecified atom stereocenters. The maximum absolute atomic E-state index is 12.4. The summed E-state index contributed by atoms with van der Waals surface area (Å²) in [6.07, 6.45) is 1.75. The van der Waals surface area contributed by atoms with Crippen LogP contribution in [0.4, 0.5) is 0 Å². The number of hydrogen-bond donors (Lipinski definition) is 0. The molecule has 1 aromatic carbocycles. The molecule has 0 aliphatic rings. The second-order valence-corrected chi connectivity index (χ2v) is 6.07. The van der Waals surface area contributed by atoms with Gasteiger partial charge in [-0.05, 0) is 26.0 Å². The van der Waals surface area contributed by atoms with Crippen molar-refractivity contribution in [3.63, 3.8) is 0 Å². The lowest BCUT2D eigenvalue weighted by atomic mass is 10.2. The minimum Gasteiger partial charge on any atom is -0.466 e. The van der Waals surface area contributed by atoms with E-state index in [1.165, 1.54) is 0 Å². The van der Waals surface area contributed by atoms with Crippen LogP contribution in [0.3, 0.4) is 0 Å². The highest BCUT2D eigenvalue weighted by Gasteiger charge is 2.18. The van der Waals surface area contributed by atoms with E-state index in [0.29, 0.717) is 17.2 Å². The van der Waals surface area contributed by atoms with E-state index < -0.39 is 5.97 Å². The van der Waals surface area contributed by atoms with Crippen molar-refractivity contribution < 1.29 is 18.4 Å². The molecular weight excluding hydrogens is 334 g/mol. The average molecular weight is 351 g/mol. The number of aromatic nitrogens is 3. The van der Waals surface area contributed by atoms with Crippen LogP contribution in [0.1, 0.15) is 27.8 Å². The molecular formula is C19H17N3O4. The molecule has 0 aliphatic carbocycles. The molecule has 0 radical (unpaired) electrons. The Morgan fingerprint density at radius 1 is 1.19 bits per heavy atom. The summed E-state index contributed by atoms with van der Waals surface area (Å²) in [6.45, 7) is 3.58. The lowest BCUT2D eigenvalue weighted by Crippen LogP contribution is -2.05. The third-order valence-corrected chi connectivity index (χ3v) is 4.18. The number of carbonyl (C=O) groups excluding carboxylic acids is 1. The monoisotopic (exact) mass is 351 g/mol. The van der Waals surface area contributed by atoms with E-state index in [1.54, 1.807) is 6.20 Å². The van der Waals surface area contributed by atoms with Gasteiger partial charge in [0, 0.05) is 24.1 Å². The van der Waals surface area contributed by atoms with Crippen molar-refractivity contribution in [2.45, 2.75) is 20.5 Å². The van der Waals surface area contributed by atoms with Crippen LogP contribution in [0, 0.1) is 13.8 Å². The van der Waals surface area contributed by atoms with Gasteiger partial charge in [0.2, 0.25) is 0 Å². The van der Waals surface area contributed by atoms with Crippen molar-refractivity contribution in [2.75, 3.05) is 0 Å². The molecule has 0 saturated heterocycles. The first-order valence-electron chi connectivity index (χ1n) is 8.14. The Morgan fingerprint density at radius 3 is 2.77 bits per heavy atom. The molecule has 0 spiro atoms. The average Bonchev–Trinajstić information content (AvgIpc) is 3.31. The van der Waals surface area contributed by atoms with Gasteiger partial charge < -0.3 is 18.1 Å². The number of furan rings is 1. The Balaban J connectivity index is 1.51. The Bertz CT molecular complexity index is 1100. The number of carbonyl (C=O) groups is 1. The van der Waals surface area contributed by atoms with E-state index >= 15 is 0 Å². The summed E-state index contributed by atoms with van der Waals surface area (Å²) >= 11 is 0. The van der Waals surface area contributed by atoms with E-state index in [-0.39, 0.29) is 12.5 Å². The first-order valence-corrected chi connectivity index (χ1v) is 8.14. The molecule has 3 aromatic heterocycles. The Morgan fingerprint density at radius 2 is 2.00 bits per heavy atom. The number of aryl methyl sites for hydroxylation is 3. The van der Waals surface area contributed by atoms with Gasteiger partial charge in [-0.1, -0.05) is 18.2 Å². The van der Waals surface area contributed by atoms with Crippen LogP contribution in [0.2, 0.25) is 0 Å². The molecule has 0 amide bonds. The first-order chi connectivity index (χ1) is 12.5. The van der Waals surface area contributed by atoms with Crippen molar-refractivity contribution in [3.8, 4) is 11.5 Å². The summed E-state index contributed by atoms with van der Waals surface area (Å²) in [4.78, 5) is 12.4. The minimum absolute atomic E-state index is 0.0923. The van der Waals surface area contributed by atoms with Gasteiger partial charge in [-0.3, -0.25) is 0 Å². The van der Waals surface area contributed by atoms with Gasteiger partial charge in [0.15, 0.2) is 6.61 Å². The van der Waals surface area contributed by atoms with Crippen molar-refractivity contribution in [1.29, 1.82) is 0 Å². The molecule has 7 nitrogen and oxygen atoms in total. The zero-order valence-corrected chi connectivity index (χ0v) is 14.6. The van der Waals surface area contributed by atoms with Gasteiger partial charge in [0.1, 0.15) is 11.5 Å². The van der Waals surface area contributed by atoms with Crippen molar-refractivity contribution in [2.24, 2.45) is 7.05 Å². The second kappa shape index (κ2) is 6.18. The lowest BCUT2D eigenvalue weighted by Gasteiger charge is -2.00. The molecule has 132 valence electrons. The van der Waals surface area contributed by atoms with Crippen LogP contribution < -0.4 is 0 Å². The fourth-order valence-corrected chi connectivity index (χ4v) is 2.97. The molecule has 4 aromatic rings. The van der Waals surface area contributed by atoms with E-state index in [4.69, 9.17) is 13.6 Å². The summed E-state index contributed by atoms with van der Waals surface area (Å²) in [5.41, 5.74) is 2.20. The van der Waals surface area contributed by atoms with Crippen molar-refractivity contribution >= 4 is 16.9 Å². The van der Waals surface area contributed by atoms with Gasteiger partial charge in [-0.2, -0.15) is 0 Å². The topological polar surface area (TPSA) is 83.3 Å². The van der Waals surface area contributed by atoms with Crippen LogP contribution in [-0.2, 0) is 18.4 Å². The number of para-hydroxylation sites is 1. The second-order valence-electron chi connectivity index (χ2n) is 6.07. The van der Waals surface area contributed by atoms with Gasteiger partial charge >= 0.3 is 5.97 Å². The maximum Gasteiger partial charge on any atom is 0.340 e. The molecule has 4 rings (SSSR count). The predicted octanol–water partition coefficient (Wildman–Crippen LogP) is 3.80. The zero-order chi connectivity index (χ0) is 18.3. The molecule has 0 fully saturated rings. The van der Waals surface area contributed by atoms with E-state index in [1.807, 2.05) is 55.8 Å². The van der Waals surface area contributed by atoms with Crippen LogP contribution in [0.25, 0.3) is 22.4 Å². The van der Waals surface area contributed by atoms with Crippen molar-refractivity contribution in [1.82, 2.24) is 14.8 Å². The van der Waals surface area contributed by atoms with Crippen LogP contribution in [0.5, 0.6) is 0 Å². The number of benzene rings is 1. The van der Waals surface area contributed by atoms with Crippen molar-refractivity contribution in [3.05, 3.63) is 59.5 Å². The predicted molar refractivity (Wildman–Crippen MR) is 93.5 cm³/mol. The summed E-state index contributed by atoms with van der Waals surface area (Å²) < 4.78 is 18.3. The van der Waals surface area contributed by atoms with Crippen LogP contribution >= 0.6 is 0 Å². The number of hydrogen-bond acceptors (Lipinski definition) is 6.